The van der Waals surface area contributed by atoms with E-state index in [2.05, 4.69) is 21.3 Å². The number of ether oxygens (including phenoxy) is 1. The lowest BCUT2D eigenvalue weighted by Crippen LogP contribution is -2.54. The molecule has 2 unspecified atom stereocenters. The molecule has 320 valence electrons. The van der Waals surface area contributed by atoms with Gasteiger partial charge in [-0.2, -0.15) is 13.2 Å². The summed E-state index contributed by atoms with van der Waals surface area (Å²) in [6, 6.07) is 11.8. The highest BCUT2D eigenvalue weighted by atomic mass is 19.4. The zero-order valence-corrected chi connectivity index (χ0v) is 34.4. The summed E-state index contributed by atoms with van der Waals surface area (Å²) in [5.41, 5.74) is 1.21. The predicted molar refractivity (Wildman–Crippen MR) is 209 cm³/mol. The molecule has 5 rings (SSSR count). The van der Waals surface area contributed by atoms with E-state index in [1.54, 1.807) is 51.1 Å². The van der Waals surface area contributed by atoms with Crippen LogP contribution in [0.2, 0.25) is 0 Å². The van der Waals surface area contributed by atoms with E-state index in [0.29, 0.717) is 18.4 Å². The number of likely N-dealkylation sites (N-methyl/N-ethyl adjacent to an activating group) is 1. The molecule has 13 nitrogen and oxygen atoms in total. The fourth-order valence-electron chi connectivity index (χ4n) is 8.83. The average Bonchev–Trinajstić information content (AvgIpc) is 3.51. The van der Waals surface area contributed by atoms with Crippen LogP contribution < -0.4 is 21.3 Å². The van der Waals surface area contributed by atoms with Gasteiger partial charge in [0.2, 0.25) is 23.5 Å². The van der Waals surface area contributed by atoms with Crippen LogP contribution in [0.5, 0.6) is 0 Å². The molecule has 0 bridgehead atoms. The first kappa shape index (κ1) is 44.8. The molecule has 0 heterocycles. The Morgan fingerprint density at radius 1 is 0.864 bits per heavy atom. The molecular weight excluding hydrogens is 771 g/mol. The molecule has 3 aliphatic rings. The van der Waals surface area contributed by atoms with Gasteiger partial charge in [0.1, 0.15) is 11.6 Å². The zero-order chi connectivity index (χ0) is 43.6. The molecule has 0 spiro atoms. The number of hydrogen-bond acceptors (Lipinski definition) is 8. The minimum atomic E-state index is -4.75. The number of nitrogens with zero attached hydrogens (tertiary/aromatic N) is 1. The standard InChI is InChI=1S/C43H54F3N5O8/c1-41(2,3)59-40(58)50-33(26-19-24-15-11-12-16-25(24)20-26)35(53)27-21-28-32(42(28,4)5)31(27)37(55)48-29(17-18-43(44,45)46)36(54)38(56)47-22-30(52)49-34(39(57)51(6)7)23-13-9-8-10-14-23/h8-16,26-29,31-34H,17-22H2,1-7H3,(H,47,56)(H,48,55)(H,49,52)(H,50,58)/t27?,28-,29?,31-,32-,33-,34-/m0/s1. The Kier molecular flexibility index (Phi) is 13.3. The molecule has 7 atom stereocenters. The summed E-state index contributed by atoms with van der Waals surface area (Å²) < 4.78 is 46.1. The summed E-state index contributed by atoms with van der Waals surface area (Å²) in [6.45, 7) is 8.09. The molecule has 2 saturated carbocycles. The van der Waals surface area contributed by atoms with Crippen molar-refractivity contribution in [3.63, 3.8) is 0 Å². The lowest BCUT2D eigenvalue weighted by atomic mass is 9.76. The Bertz CT molecular complexity index is 1920. The van der Waals surface area contributed by atoms with Gasteiger partial charge in [-0.3, -0.25) is 28.8 Å². The molecule has 2 aromatic rings. The fraction of sp³-hybridized carbons (Fsp3) is 0.558. The minimum Gasteiger partial charge on any atom is -0.444 e. The van der Waals surface area contributed by atoms with Gasteiger partial charge in [-0.25, -0.2) is 4.79 Å². The largest absolute Gasteiger partial charge is 0.444 e. The number of carbonyl (C=O) groups is 7. The van der Waals surface area contributed by atoms with Crippen molar-refractivity contribution in [3.8, 4) is 0 Å². The highest BCUT2D eigenvalue weighted by molar-refractivity contribution is 6.38. The number of benzene rings is 2. The Labute approximate surface area is 341 Å². The molecule has 0 radical (unpaired) electrons. The first-order valence-corrected chi connectivity index (χ1v) is 19.8. The number of Topliss-reactive ketones (excluding diaryl/α,β-unsaturated/α-hetero) is 2. The molecule has 16 heteroatoms. The first-order valence-electron chi connectivity index (χ1n) is 19.8. The third-order valence-electron chi connectivity index (χ3n) is 11.8. The quantitative estimate of drug-likeness (QED) is 0.193. The Morgan fingerprint density at radius 2 is 1.46 bits per heavy atom. The number of fused-ring (bicyclic) bond motifs is 2. The minimum absolute atomic E-state index is 0.0969. The van der Waals surface area contributed by atoms with Crippen LogP contribution in [0.4, 0.5) is 18.0 Å². The number of alkyl halides is 3. The van der Waals surface area contributed by atoms with E-state index in [1.165, 1.54) is 19.0 Å². The van der Waals surface area contributed by atoms with Gasteiger partial charge in [0.15, 0.2) is 5.78 Å². The third-order valence-corrected chi connectivity index (χ3v) is 11.8. The van der Waals surface area contributed by atoms with Crippen molar-refractivity contribution in [1.29, 1.82) is 0 Å². The molecule has 0 aromatic heterocycles. The van der Waals surface area contributed by atoms with Crippen molar-refractivity contribution in [3.05, 3.63) is 71.3 Å². The molecular formula is C43H54F3N5O8. The van der Waals surface area contributed by atoms with Crippen LogP contribution in [-0.4, -0.2) is 90.7 Å². The van der Waals surface area contributed by atoms with Gasteiger partial charge in [0.05, 0.1) is 24.5 Å². The number of alkyl carbamates (subject to hydrolysis) is 1. The maximum Gasteiger partial charge on any atom is 0.408 e. The number of halogens is 3. The second-order valence-corrected chi connectivity index (χ2v) is 17.7. The smallest absolute Gasteiger partial charge is 0.408 e. The number of amides is 5. The predicted octanol–water partition coefficient (Wildman–Crippen LogP) is 4.23. The van der Waals surface area contributed by atoms with Crippen LogP contribution in [0.3, 0.4) is 0 Å². The van der Waals surface area contributed by atoms with Crippen molar-refractivity contribution in [2.75, 3.05) is 20.6 Å². The van der Waals surface area contributed by atoms with E-state index >= 15 is 0 Å². The van der Waals surface area contributed by atoms with Gasteiger partial charge in [-0.15, -0.1) is 0 Å². The van der Waals surface area contributed by atoms with Crippen LogP contribution in [0.1, 0.15) is 76.6 Å². The van der Waals surface area contributed by atoms with Crippen LogP contribution in [0.25, 0.3) is 0 Å². The second-order valence-electron chi connectivity index (χ2n) is 17.7. The van der Waals surface area contributed by atoms with Crippen LogP contribution in [0.15, 0.2) is 54.6 Å². The molecule has 59 heavy (non-hydrogen) atoms. The second kappa shape index (κ2) is 17.5. The highest BCUT2D eigenvalue weighted by Crippen LogP contribution is 2.71. The zero-order valence-electron chi connectivity index (χ0n) is 34.4. The van der Waals surface area contributed by atoms with E-state index in [9.17, 15) is 46.7 Å². The van der Waals surface area contributed by atoms with Gasteiger partial charge in [0, 0.05) is 26.4 Å². The summed E-state index contributed by atoms with van der Waals surface area (Å²) >= 11 is 0. The average molecular weight is 826 g/mol. The van der Waals surface area contributed by atoms with Gasteiger partial charge in [-0.1, -0.05) is 68.4 Å². The SMILES string of the molecule is CN(C)C(=O)[C@@H](NC(=O)CNC(=O)C(=O)C(CCC(F)(F)F)NC(=O)[C@H]1C(C(=O)[C@@H](NC(=O)OC(C)(C)C)C2Cc3ccccc3C2)C[C@H]2[C@@H]1C2(C)C)c1ccccc1. The van der Waals surface area contributed by atoms with Gasteiger partial charge in [-0.05, 0) is 86.3 Å². The van der Waals surface area contributed by atoms with Crippen LogP contribution >= 0.6 is 0 Å². The summed E-state index contributed by atoms with van der Waals surface area (Å²) in [5, 5.41) is 9.78. The number of carbonyl (C=O) groups excluding carboxylic acids is 7. The summed E-state index contributed by atoms with van der Waals surface area (Å²) in [5.74, 6) is -8.31. The van der Waals surface area contributed by atoms with Gasteiger partial charge in [0.25, 0.3) is 5.91 Å². The van der Waals surface area contributed by atoms with E-state index in [0.717, 1.165) is 11.1 Å². The van der Waals surface area contributed by atoms with Crippen LogP contribution in [-0.2, 0) is 46.3 Å². The summed E-state index contributed by atoms with van der Waals surface area (Å²) in [7, 11) is 2.98. The lowest BCUT2D eigenvalue weighted by molar-refractivity contribution is -0.147. The third kappa shape index (κ3) is 10.9. The van der Waals surface area contributed by atoms with Crippen molar-refractivity contribution in [1.82, 2.24) is 26.2 Å². The maximum atomic E-state index is 14.7. The van der Waals surface area contributed by atoms with Crippen LogP contribution in [0, 0.1) is 35.0 Å². The molecule has 2 aromatic carbocycles. The number of nitrogens with one attached hydrogen (secondary N) is 4. The first-order chi connectivity index (χ1) is 27.5. The van der Waals surface area contributed by atoms with Gasteiger partial charge >= 0.3 is 12.3 Å². The van der Waals surface area contributed by atoms with E-state index in [4.69, 9.17) is 4.74 Å². The molecule has 0 aliphatic heterocycles. The monoisotopic (exact) mass is 825 g/mol. The summed E-state index contributed by atoms with van der Waals surface area (Å²) in [6.07, 6.45) is -6.83. The normalized spacial score (nSPS) is 22.1. The van der Waals surface area contributed by atoms with E-state index in [1.807, 2.05) is 38.1 Å². The van der Waals surface area contributed by atoms with Crippen molar-refractivity contribution < 1.29 is 51.5 Å². The fourth-order valence-corrected chi connectivity index (χ4v) is 8.83. The molecule has 4 N–H and O–H groups in total. The number of hydrogen-bond donors (Lipinski definition) is 4. The van der Waals surface area contributed by atoms with E-state index < -0.39 is 108 Å². The molecule has 5 amide bonds. The molecule has 3 aliphatic carbocycles. The number of rotatable bonds is 15. The lowest BCUT2D eigenvalue weighted by Gasteiger charge is -2.32. The summed E-state index contributed by atoms with van der Waals surface area (Å²) in [4.78, 5) is 95.8. The Morgan fingerprint density at radius 3 is 2.02 bits per heavy atom. The Hall–Kier alpha value is -5.28. The maximum absolute atomic E-state index is 14.7. The van der Waals surface area contributed by atoms with Gasteiger partial charge < -0.3 is 30.9 Å². The molecule has 0 saturated heterocycles. The molecule has 2 fully saturated rings. The van der Waals surface area contributed by atoms with Crippen molar-refractivity contribution in [2.24, 2.45) is 35.0 Å². The number of ketones is 2. The Balaban J connectivity index is 1.33. The van der Waals surface area contributed by atoms with Crippen molar-refractivity contribution >= 4 is 41.3 Å². The van der Waals surface area contributed by atoms with E-state index in [-0.39, 0.29) is 24.2 Å². The van der Waals surface area contributed by atoms with Crippen molar-refractivity contribution in [2.45, 2.75) is 96.6 Å². The highest BCUT2D eigenvalue weighted by Gasteiger charge is 2.70. The topological polar surface area (TPSA) is 180 Å².